The van der Waals surface area contributed by atoms with Crippen LogP contribution in [0, 0.1) is 17.8 Å². The molecule has 0 aliphatic heterocycles. The zero-order valence-electron chi connectivity index (χ0n) is 12.6. The Hall–Kier alpha value is -0.870. The second-order valence-corrected chi connectivity index (χ2v) is 8.53. The highest BCUT2D eigenvalue weighted by Gasteiger charge is 2.51. The summed E-state index contributed by atoms with van der Waals surface area (Å²) in [7, 11) is 0. The molecule has 22 heavy (non-hydrogen) atoms. The van der Waals surface area contributed by atoms with Crippen LogP contribution >= 0.6 is 15.9 Å². The molecule has 4 aliphatic rings. The van der Waals surface area contributed by atoms with Gasteiger partial charge in [-0.05, 0) is 80.0 Å². The number of benzene rings is 1. The minimum absolute atomic E-state index is 0.0153. The molecule has 1 aromatic carbocycles. The monoisotopic (exact) mass is 363 g/mol. The first-order valence-electron chi connectivity index (χ1n) is 8.29. The Bertz CT molecular complexity index is 578. The summed E-state index contributed by atoms with van der Waals surface area (Å²) in [6.45, 7) is -0.108. The van der Waals surface area contributed by atoms with Crippen LogP contribution in [0.2, 0.25) is 0 Å². The fourth-order valence-corrected chi connectivity index (χ4v) is 5.90. The largest absolute Gasteiger partial charge is 0.392 e. The zero-order valence-corrected chi connectivity index (χ0v) is 14.2. The van der Waals surface area contributed by atoms with Gasteiger partial charge >= 0.3 is 0 Å². The molecular weight excluding hydrogens is 342 g/mol. The van der Waals surface area contributed by atoms with Gasteiger partial charge in [0.05, 0.1) is 6.61 Å². The molecule has 4 fully saturated rings. The first-order valence-corrected chi connectivity index (χ1v) is 9.08. The Labute approximate surface area is 139 Å². The molecule has 4 bridgehead atoms. The summed E-state index contributed by atoms with van der Waals surface area (Å²) < 4.78 is 0.892. The summed E-state index contributed by atoms with van der Waals surface area (Å²) in [6, 6.07) is 5.51. The second-order valence-electron chi connectivity index (χ2n) is 7.61. The van der Waals surface area contributed by atoms with Crippen molar-refractivity contribution in [3.63, 3.8) is 0 Å². The van der Waals surface area contributed by atoms with Gasteiger partial charge in [-0.3, -0.25) is 4.79 Å². The third kappa shape index (κ3) is 2.50. The molecule has 0 atom stereocenters. The molecule has 4 saturated carbocycles. The zero-order chi connectivity index (χ0) is 15.3. The Morgan fingerprint density at radius 2 is 1.77 bits per heavy atom. The number of carbonyl (C=O) groups excluding carboxylic acids is 1. The molecule has 0 spiro atoms. The number of rotatable bonds is 3. The highest BCUT2D eigenvalue weighted by molar-refractivity contribution is 9.10. The molecule has 1 amide bonds. The van der Waals surface area contributed by atoms with Crippen LogP contribution in [-0.4, -0.2) is 16.6 Å². The first-order chi connectivity index (χ1) is 10.6. The van der Waals surface area contributed by atoms with Crippen LogP contribution in [0.4, 0.5) is 0 Å². The van der Waals surface area contributed by atoms with Crippen molar-refractivity contribution in [2.75, 3.05) is 0 Å². The van der Waals surface area contributed by atoms with Gasteiger partial charge in [0.1, 0.15) is 0 Å². The summed E-state index contributed by atoms with van der Waals surface area (Å²) in [5.74, 6) is 2.43. The van der Waals surface area contributed by atoms with Crippen LogP contribution < -0.4 is 5.32 Å². The van der Waals surface area contributed by atoms with Crippen LogP contribution in [0.25, 0.3) is 0 Å². The predicted molar refractivity (Wildman–Crippen MR) is 88.4 cm³/mol. The Morgan fingerprint density at radius 3 is 2.32 bits per heavy atom. The maximum atomic E-state index is 12.8. The highest BCUT2D eigenvalue weighted by Crippen LogP contribution is 2.55. The number of nitrogens with one attached hydrogen (secondary N) is 1. The van der Waals surface area contributed by atoms with Crippen molar-refractivity contribution >= 4 is 21.8 Å². The van der Waals surface area contributed by atoms with Crippen LogP contribution in [-0.2, 0) is 6.61 Å². The SMILES string of the molecule is O=C(NC12CC3CC(CC(C3)C1)C2)c1ccc(Br)cc1CO. The van der Waals surface area contributed by atoms with E-state index in [1.807, 2.05) is 18.2 Å². The van der Waals surface area contributed by atoms with Crippen molar-refractivity contribution in [1.29, 1.82) is 0 Å². The lowest BCUT2D eigenvalue weighted by atomic mass is 9.53. The lowest BCUT2D eigenvalue weighted by Crippen LogP contribution is -2.59. The number of carbonyl (C=O) groups is 1. The fraction of sp³-hybridized carbons (Fsp3) is 0.611. The molecule has 118 valence electrons. The maximum Gasteiger partial charge on any atom is 0.252 e. The van der Waals surface area contributed by atoms with E-state index >= 15 is 0 Å². The molecule has 4 aliphatic carbocycles. The predicted octanol–water partition coefficient (Wildman–Crippen LogP) is 3.64. The normalized spacial score (nSPS) is 35.6. The average molecular weight is 364 g/mol. The van der Waals surface area contributed by atoms with Gasteiger partial charge in [0.2, 0.25) is 0 Å². The summed E-state index contributed by atoms with van der Waals surface area (Å²) in [6.07, 6.45) is 7.56. The smallest absolute Gasteiger partial charge is 0.252 e. The van der Waals surface area contributed by atoms with Gasteiger partial charge in [0, 0.05) is 15.6 Å². The summed E-state index contributed by atoms with van der Waals surface area (Å²) >= 11 is 3.40. The molecule has 3 nitrogen and oxygen atoms in total. The van der Waals surface area contributed by atoms with Crippen LogP contribution in [0.1, 0.15) is 54.4 Å². The lowest BCUT2D eigenvalue weighted by Gasteiger charge is -2.56. The third-order valence-electron chi connectivity index (χ3n) is 5.90. The molecule has 0 unspecified atom stereocenters. The molecular formula is C18H22BrNO2. The number of aliphatic hydroxyl groups excluding tert-OH is 1. The molecule has 0 saturated heterocycles. The van der Waals surface area contributed by atoms with E-state index in [1.54, 1.807) is 0 Å². The van der Waals surface area contributed by atoms with Crippen molar-refractivity contribution in [3.05, 3.63) is 33.8 Å². The van der Waals surface area contributed by atoms with Crippen LogP contribution in [0.15, 0.2) is 22.7 Å². The Morgan fingerprint density at radius 1 is 1.18 bits per heavy atom. The summed E-state index contributed by atoms with van der Waals surface area (Å²) in [4.78, 5) is 12.8. The molecule has 0 radical (unpaired) electrons. The maximum absolute atomic E-state index is 12.8. The molecule has 5 rings (SSSR count). The minimum atomic E-state index is -0.108. The molecule has 1 aromatic rings. The number of amides is 1. The summed E-state index contributed by atoms with van der Waals surface area (Å²) in [5.41, 5.74) is 1.32. The quantitative estimate of drug-likeness (QED) is 0.860. The first kappa shape index (κ1) is 14.7. The molecule has 4 heteroatoms. The second kappa shape index (κ2) is 5.34. The number of aliphatic hydroxyl groups is 1. The van der Waals surface area contributed by atoms with E-state index in [2.05, 4.69) is 21.2 Å². The van der Waals surface area contributed by atoms with Gasteiger partial charge < -0.3 is 10.4 Å². The third-order valence-corrected chi connectivity index (χ3v) is 6.39. The standard InChI is InChI=1S/C18H22BrNO2/c19-15-1-2-16(14(6-15)10-21)17(22)20-18-7-11-3-12(8-18)5-13(4-11)9-18/h1-2,6,11-13,21H,3-5,7-10H2,(H,20,22). The van der Waals surface area contributed by atoms with Gasteiger partial charge in [-0.15, -0.1) is 0 Å². The van der Waals surface area contributed by atoms with E-state index in [0.717, 1.165) is 41.5 Å². The van der Waals surface area contributed by atoms with Crippen LogP contribution in [0.5, 0.6) is 0 Å². The van der Waals surface area contributed by atoms with Crippen molar-refractivity contribution < 1.29 is 9.90 Å². The topological polar surface area (TPSA) is 49.3 Å². The van der Waals surface area contributed by atoms with Gasteiger partial charge in [-0.1, -0.05) is 15.9 Å². The van der Waals surface area contributed by atoms with Crippen LogP contribution in [0.3, 0.4) is 0 Å². The van der Waals surface area contributed by atoms with Crippen molar-refractivity contribution in [1.82, 2.24) is 5.32 Å². The van der Waals surface area contributed by atoms with E-state index in [-0.39, 0.29) is 18.1 Å². The van der Waals surface area contributed by atoms with E-state index in [9.17, 15) is 9.90 Å². The van der Waals surface area contributed by atoms with Gasteiger partial charge in [0.15, 0.2) is 0 Å². The van der Waals surface area contributed by atoms with E-state index < -0.39 is 0 Å². The van der Waals surface area contributed by atoms with Crippen molar-refractivity contribution in [2.45, 2.75) is 50.7 Å². The van der Waals surface area contributed by atoms with Gasteiger partial charge in [0.25, 0.3) is 5.91 Å². The minimum Gasteiger partial charge on any atom is -0.392 e. The fourth-order valence-electron chi connectivity index (χ4n) is 5.49. The molecule has 0 heterocycles. The number of halogens is 1. The highest BCUT2D eigenvalue weighted by atomic mass is 79.9. The van der Waals surface area contributed by atoms with E-state index in [1.165, 1.54) is 19.3 Å². The average Bonchev–Trinajstić information content (AvgIpc) is 2.44. The number of hydrogen-bond acceptors (Lipinski definition) is 2. The van der Waals surface area contributed by atoms with E-state index in [0.29, 0.717) is 11.1 Å². The van der Waals surface area contributed by atoms with Crippen molar-refractivity contribution in [2.24, 2.45) is 17.8 Å². The van der Waals surface area contributed by atoms with E-state index in [4.69, 9.17) is 0 Å². The van der Waals surface area contributed by atoms with Crippen molar-refractivity contribution in [3.8, 4) is 0 Å². The summed E-state index contributed by atoms with van der Waals surface area (Å²) in [5, 5.41) is 12.9. The van der Waals surface area contributed by atoms with Gasteiger partial charge in [-0.2, -0.15) is 0 Å². The lowest BCUT2D eigenvalue weighted by molar-refractivity contribution is -0.0167. The molecule has 0 aromatic heterocycles. The Balaban J connectivity index is 1.57. The Kier molecular flexibility index (Phi) is 3.57. The molecule has 2 N–H and O–H groups in total. The number of hydrogen-bond donors (Lipinski definition) is 2. The van der Waals surface area contributed by atoms with Gasteiger partial charge in [-0.25, -0.2) is 0 Å².